The Hall–Kier alpha value is -1.36. The summed E-state index contributed by atoms with van der Waals surface area (Å²) in [4.78, 5) is 35.3. The topological polar surface area (TPSA) is 77.0 Å². The fourth-order valence-electron chi connectivity index (χ4n) is 3.60. The second-order valence-corrected chi connectivity index (χ2v) is 9.91. The quantitative estimate of drug-likeness (QED) is 0.193. The molecule has 1 fully saturated rings. The fraction of sp³-hybridized carbons (Fsp3) is 0.696. The van der Waals surface area contributed by atoms with E-state index in [1.807, 2.05) is 9.80 Å². The fourth-order valence-corrected chi connectivity index (χ4v) is 4.43. The molecule has 1 aromatic heterocycles. The summed E-state index contributed by atoms with van der Waals surface area (Å²) in [5.74, 6) is 1.62. The summed E-state index contributed by atoms with van der Waals surface area (Å²) in [5.41, 5.74) is 0. The summed E-state index contributed by atoms with van der Waals surface area (Å²) >= 11 is 1.79. The third kappa shape index (κ3) is 10.5. The smallest absolute Gasteiger partial charge is 0.222 e. The van der Waals surface area contributed by atoms with Crippen LogP contribution in [-0.2, 0) is 16.1 Å². The number of piperazine rings is 1. The average molecular weight is 578 g/mol. The van der Waals surface area contributed by atoms with Crippen molar-refractivity contribution >= 4 is 53.1 Å². The lowest BCUT2D eigenvalue weighted by Gasteiger charge is -2.35. The highest BCUT2D eigenvalue weighted by Gasteiger charge is 2.23. The highest BCUT2D eigenvalue weighted by molar-refractivity contribution is 14.0. The van der Waals surface area contributed by atoms with Crippen molar-refractivity contribution in [1.29, 1.82) is 0 Å². The lowest BCUT2D eigenvalue weighted by molar-refractivity contribution is -0.140. The molecule has 0 spiro atoms. The van der Waals surface area contributed by atoms with E-state index in [-0.39, 0.29) is 35.8 Å². The molecule has 7 nitrogen and oxygen atoms in total. The zero-order chi connectivity index (χ0) is 22.6. The lowest BCUT2D eigenvalue weighted by Crippen LogP contribution is -2.50. The van der Waals surface area contributed by atoms with E-state index < -0.39 is 0 Å². The number of thiophene rings is 1. The van der Waals surface area contributed by atoms with E-state index in [4.69, 9.17) is 0 Å². The number of carbonyl (C=O) groups excluding carboxylic acids is 2. The predicted octanol–water partition coefficient (Wildman–Crippen LogP) is 3.62. The van der Waals surface area contributed by atoms with Crippen molar-refractivity contribution in [2.45, 2.75) is 59.4 Å². The summed E-state index contributed by atoms with van der Waals surface area (Å²) in [5, 5.41) is 6.67. The van der Waals surface area contributed by atoms with Gasteiger partial charge in [0.05, 0.1) is 6.54 Å². The Bertz CT molecular complexity index is 730. The number of hydrogen-bond donors (Lipinski definition) is 2. The molecule has 1 aromatic rings. The molecule has 0 bridgehead atoms. The number of halogens is 1. The lowest BCUT2D eigenvalue weighted by atomic mass is 10.1. The van der Waals surface area contributed by atoms with Gasteiger partial charge >= 0.3 is 0 Å². The molecule has 2 amide bonds. The van der Waals surface area contributed by atoms with E-state index in [0.717, 1.165) is 38.3 Å². The Balaban J connectivity index is 0.00000512. The van der Waals surface area contributed by atoms with Crippen molar-refractivity contribution < 1.29 is 9.59 Å². The Morgan fingerprint density at radius 3 is 2.25 bits per heavy atom. The van der Waals surface area contributed by atoms with Gasteiger partial charge < -0.3 is 20.4 Å². The SMILES string of the molecule is CN=C(NCCCCCC(=O)N1CCN(C(=O)CC(C)C)CC1)NCc1ccc(C)s1.I. The van der Waals surface area contributed by atoms with Crippen LogP contribution in [0.4, 0.5) is 0 Å². The first-order chi connectivity index (χ1) is 14.9. The molecule has 2 heterocycles. The summed E-state index contributed by atoms with van der Waals surface area (Å²) < 4.78 is 0. The summed E-state index contributed by atoms with van der Waals surface area (Å²) in [6, 6.07) is 4.27. The first kappa shape index (κ1) is 28.7. The van der Waals surface area contributed by atoms with Crippen LogP contribution in [0.3, 0.4) is 0 Å². The maximum atomic E-state index is 12.4. The summed E-state index contributed by atoms with van der Waals surface area (Å²) in [7, 11) is 1.78. The molecule has 0 aromatic carbocycles. The number of hydrogen-bond acceptors (Lipinski definition) is 4. The maximum Gasteiger partial charge on any atom is 0.222 e. The molecular weight excluding hydrogens is 537 g/mol. The highest BCUT2D eigenvalue weighted by Crippen LogP contribution is 2.14. The van der Waals surface area contributed by atoms with Crippen LogP contribution < -0.4 is 10.6 Å². The molecule has 1 saturated heterocycles. The van der Waals surface area contributed by atoms with Gasteiger partial charge in [0.2, 0.25) is 11.8 Å². The molecule has 32 heavy (non-hydrogen) atoms. The van der Waals surface area contributed by atoms with Gasteiger partial charge in [-0.25, -0.2) is 0 Å². The molecule has 0 atom stereocenters. The number of unbranched alkanes of at least 4 members (excludes halogenated alkanes) is 2. The zero-order valence-electron chi connectivity index (χ0n) is 20.0. The first-order valence-electron chi connectivity index (χ1n) is 11.4. The number of nitrogens with zero attached hydrogens (tertiary/aromatic N) is 3. The van der Waals surface area contributed by atoms with Gasteiger partial charge in [-0.05, 0) is 37.8 Å². The molecule has 0 unspecified atom stereocenters. The van der Waals surface area contributed by atoms with Crippen molar-refractivity contribution in [2.24, 2.45) is 10.9 Å². The Morgan fingerprint density at radius 1 is 1.03 bits per heavy atom. The second-order valence-electron chi connectivity index (χ2n) is 8.54. The van der Waals surface area contributed by atoms with E-state index in [1.54, 1.807) is 18.4 Å². The molecule has 182 valence electrons. The van der Waals surface area contributed by atoms with Crippen LogP contribution in [0.5, 0.6) is 0 Å². The van der Waals surface area contributed by atoms with Gasteiger partial charge in [-0.2, -0.15) is 0 Å². The molecule has 2 N–H and O–H groups in total. The standard InChI is InChI=1S/C23H39N5O2S.HI/c1-18(2)16-22(30)28-14-12-27(13-15-28)21(29)8-6-5-7-11-25-23(24-4)26-17-20-10-9-19(3)31-20;/h9-10,18H,5-8,11-17H2,1-4H3,(H2,24,25,26);1H. The largest absolute Gasteiger partial charge is 0.356 e. The summed E-state index contributed by atoms with van der Waals surface area (Å²) in [6.07, 6.45) is 4.09. The number of carbonyl (C=O) groups is 2. The minimum Gasteiger partial charge on any atom is -0.356 e. The van der Waals surface area contributed by atoms with E-state index in [9.17, 15) is 9.59 Å². The van der Waals surface area contributed by atoms with Crippen molar-refractivity contribution in [3.8, 4) is 0 Å². The molecule has 0 saturated carbocycles. The van der Waals surface area contributed by atoms with E-state index >= 15 is 0 Å². The molecule has 1 aliphatic heterocycles. The number of aryl methyl sites for hydroxylation is 1. The third-order valence-electron chi connectivity index (χ3n) is 5.38. The molecular formula is C23H40IN5O2S. The Labute approximate surface area is 214 Å². The normalized spacial score (nSPS) is 14.3. The van der Waals surface area contributed by atoms with Gasteiger partial charge in [-0.3, -0.25) is 14.6 Å². The van der Waals surface area contributed by atoms with Crippen LogP contribution in [0.15, 0.2) is 17.1 Å². The number of amides is 2. The van der Waals surface area contributed by atoms with Gasteiger partial charge in [-0.1, -0.05) is 20.3 Å². The summed E-state index contributed by atoms with van der Waals surface area (Å²) in [6.45, 7) is 10.5. The highest BCUT2D eigenvalue weighted by atomic mass is 127. The third-order valence-corrected chi connectivity index (χ3v) is 6.38. The van der Waals surface area contributed by atoms with Gasteiger partial charge in [0.15, 0.2) is 5.96 Å². The number of guanidine groups is 1. The van der Waals surface area contributed by atoms with Crippen molar-refractivity contribution in [3.05, 3.63) is 21.9 Å². The number of aliphatic imine (C=N–C) groups is 1. The van der Waals surface area contributed by atoms with Gasteiger partial charge in [0.25, 0.3) is 0 Å². The van der Waals surface area contributed by atoms with Crippen molar-refractivity contribution in [1.82, 2.24) is 20.4 Å². The molecule has 0 aliphatic carbocycles. The maximum absolute atomic E-state index is 12.4. The van der Waals surface area contributed by atoms with Gasteiger partial charge in [0, 0.05) is 62.4 Å². The zero-order valence-corrected chi connectivity index (χ0v) is 23.1. The van der Waals surface area contributed by atoms with E-state index in [1.165, 1.54) is 9.75 Å². The molecule has 0 radical (unpaired) electrons. The van der Waals surface area contributed by atoms with Crippen molar-refractivity contribution in [2.75, 3.05) is 39.8 Å². The minimum atomic E-state index is 0. The first-order valence-corrected chi connectivity index (χ1v) is 12.3. The van der Waals surface area contributed by atoms with Crippen LogP contribution in [0.25, 0.3) is 0 Å². The Morgan fingerprint density at radius 2 is 1.69 bits per heavy atom. The average Bonchev–Trinajstić information content (AvgIpc) is 3.17. The number of rotatable bonds is 10. The monoisotopic (exact) mass is 577 g/mol. The second kappa shape index (κ2) is 15.5. The van der Waals surface area contributed by atoms with Crippen LogP contribution >= 0.6 is 35.3 Å². The van der Waals surface area contributed by atoms with Crippen molar-refractivity contribution in [3.63, 3.8) is 0 Å². The number of nitrogens with one attached hydrogen (secondary N) is 2. The Kier molecular flexibility index (Phi) is 13.9. The van der Waals surface area contributed by atoms with E-state index in [0.29, 0.717) is 44.9 Å². The minimum absolute atomic E-state index is 0. The van der Waals surface area contributed by atoms with Gasteiger partial charge in [0.1, 0.15) is 0 Å². The van der Waals surface area contributed by atoms with Crippen LogP contribution in [0, 0.1) is 12.8 Å². The predicted molar refractivity (Wildman–Crippen MR) is 144 cm³/mol. The van der Waals surface area contributed by atoms with Crippen LogP contribution in [-0.4, -0.2) is 67.3 Å². The van der Waals surface area contributed by atoms with Crippen LogP contribution in [0.2, 0.25) is 0 Å². The van der Waals surface area contributed by atoms with Crippen LogP contribution in [0.1, 0.15) is 55.7 Å². The molecule has 9 heteroatoms. The van der Waals surface area contributed by atoms with Gasteiger partial charge in [-0.15, -0.1) is 35.3 Å². The molecule has 1 aliphatic rings. The molecule has 2 rings (SSSR count). The van der Waals surface area contributed by atoms with E-state index in [2.05, 4.69) is 48.5 Å².